The van der Waals surface area contributed by atoms with Crippen LogP contribution in [0.3, 0.4) is 0 Å². The lowest BCUT2D eigenvalue weighted by Gasteiger charge is -2.06. The van der Waals surface area contributed by atoms with E-state index in [1.807, 2.05) is 0 Å². The average Bonchev–Trinajstić information content (AvgIpc) is 2.89. The summed E-state index contributed by atoms with van der Waals surface area (Å²) in [6.45, 7) is 0.160. The molecule has 0 unspecified atom stereocenters. The maximum Gasteiger partial charge on any atom is 0.337 e. The molecule has 2 aromatic rings. The van der Waals surface area contributed by atoms with Crippen LogP contribution in [0.4, 0.5) is 0 Å². The van der Waals surface area contributed by atoms with Crippen LogP contribution >= 0.6 is 22.9 Å². The van der Waals surface area contributed by atoms with E-state index < -0.39 is 11.9 Å². The van der Waals surface area contributed by atoms with E-state index in [0.717, 1.165) is 11.3 Å². The van der Waals surface area contributed by atoms with Crippen molar-refractivity contribution < 1.29 is 14.3 Å². The lowest BCUT2D eigenvalue weighted by Crippen LogP contribution is -2.16. The molecule has 0 aliphatic carbocycles. The quantitative estimate of drug-likeness (QED) is 0.457. The summed E-state index contributed by atoms with van der Waals surface area (Å²) in [6.07, 6.45) is 0.921. The highest BCUT2D eigenvalue weighted by Gasteiger charge is 2.13. The smallest absolute Gasteiger partial charge is 0.337 e. The summed E-state index contributed by atoms with van der Waals surface area (Å²) in [7, 11) is 1.29. The second-order valence-electron chi connectivity index (χ2n) is 4.93. The van der Waals surface area contributed by atoms with Gasteiger partial charge in [0.05, 0.1) is 36.4 Å². The third-order valence-electron chi connectivity index (χ3n) is 3.16. The van der Waals surface area contributed by atoms with E-state index in [4.69, 9.17) is 16.9 Å². The molecule has 0 aliphatic heterocycles. The number of hydrazone groups is 1. The largest absolute Gasteiger partial charge is 0.465 e. The van der Waals surface area contributed by atoms with Gasteiger partial charge in [-0.1, -0.05) is 35.1 Å². The summed E-state index contributed by atoms with van der Waals surface area (Å²) in [4.78, 5) is 34.9. The van der Waals surface area contributed by atoms with Crippen molar-refractivity contribution >= 4 is 41.0 Å². The molecule has 8 nitrogen and oxygen atoms in total. The zero-order valence-electron chi connectivity index (χ0n) is 13.6. The number of amides is 1. The number of thiazole rings is 1. The number of esters is 1. The van der Waals surface area contributed by atoms with Gasteiger partial charge in [0.2, 0.25) is 0 Å². The fraction of sp³-hybridized carbons (Fsp3) is 0.188. The van der Waals surface area contributed by atoms with Crippen molar-refractivity contribution in [3.05, 3.63) is 55.1 Å². The predicted molar refractivity (Wildman–Crippen MR) is 96.4 cm³/mol. The number of nitrogens with zero attached hydrogens (tertiary/aromatic N) is 3. The van der Waals surface area contributed by atoms with Gasteiger partial charge in [0, 0.05) is 0 Å². The molecule has 1 aromatic heterocycles. The van der Waals surface area contributed by atoms with Gasteiger partial charge < -0.3 is 4.74 Å². The Labute approximate surface area is 157 Å². The Bertz CT molecular complexity index is 958. The number of nitrogens with one attached hydrogen (secondary N) is 1. The first-order chi connectivity index (χ1) is 12.5. The van der Waals surface area contributed by atoms with Crippen LogP contribution in [-0.2, 0) is 16.1 Å². The van der Waals surface area contributed by atoms with E-state index in [9.17, 15) is 14.4 Å². The molecule has 1 heterocycles. The average molecular weight is 393 g/mol. The van der Waals surface area contributed by atoms with Crippen LogP contribution in [0.25, 0.3) is 0 Å². The number of benzene rings is 1. The van der Waals surface area contributed by atoms with Gasteiger partial charge in [-0.3, -0.25) is 14.2 Å². The van der Waals surface area contributed by atoms with Crippen molar-refractivity contribution in [2.45, 2.75) is 13.0 Å². The van der Waals surface area contributed by atoms with Crippen LogP contribution in [0.15, 0.2) is 34.2 Å². The van der Waals surface area contributed by atoms with Crippen molar-refractivity contribution in [3.63, 3.8) is 0 Å². The van der Waals surface area contributed by atoms with Crippen LogP contribution in [0.1, 0.15) is 27.2 Å². The first kappa shape index (κ1) is 19.4. The summed E-state index contributed by atoms with van der Waals surface area (Å²) in [6, 6.07) is 8.34. The fourth-order valence-electron chi connectivity index (χ4n) is 1.99. The monoisotopic (exact) mass is 392 g/mol. The third kappa shape index (κ3) is 4.78. The molecule has 0 fully saturated rings. The maximum absolute atomic E-state index is 12.2. The zero-order chi connectivity index (χ0) is 19.1. The molecule has 0 aliphatic rings. The van der Waals surface area contributed by atoms with Crippen LogP contribution in [0.2, 0.25) is 5.15 Å². The molecule has 0 bridgehead atoms. The van der Waals surface area contributed by atoms with Gasteiger partial charge >= 0.3 is 10.8 Å². The van der Waals surface area contributed by atoms with Crippen LogP contribution in [0, 0.1) is 11.3 Å². The lowest BCUT2D eigenvalue weighted by atomic mass is 10.1. The summed E-state index contributed by atoms with van der Waals surface area (Å²) < 4.78 is 5.99. The van der Waals surface area contributed by atoms with Crippen molar-refractivity contribution in [2.24, 2.45) is 5.10 Å². The van der Waals surface area contributed by atoms with Gasteiger partial charge in [0.1, 0.15) is 11.6 Å². The third-order valence-corrected chi connectivity index (χ3v) is 4.59. The summed E-state index contributed by atoms with van der Waals surface area (Å²) >= 11 is 7.07. The molecular formula is C16H13ClN4O4S. The molecular weight excluding hydrogens is 380 g/mol. The molecule has 2 rings (SSSR count). The predicted octanol–water partition coefficient (Wildman–Crippen LogP) is 1.76. The van der Waals surface area contributed by atoms with Crippen LogP contribution < -0.4 is 10.3 Å². The molecule has 134 valence electrons. The van der Waals surface area contributed by atoms with Crippen molar-refractivity contribution in [2.75, 3.05) is 7.11 Å². The van der Waals surface area contributed by atoms with Crippen molar-refractivity contribution in [3.8, 4) is 6.07 Å². The van der Waals surface area contributed by atoms with Gasteiger partial charge in [0.25, 0.3) is 5.91 Å². The second-order valence-corrected chi connectivity index (χ2v) is 6.28. The highest BCUT2D eigenvalue weighted by Crippen LogP contribution is 2.18. The van der Waals surface area contributed by atoms with Crippen LogP contribution in [-0.4, -0.2) is 29.8 Å². The van der Waals surface area contributed by atoms with E-state index in [0.29, 0.717) is 16.0 Å². The molecule has 0 saturated heterocycles. The van der Waals surface area contributed by atoms with E-state index >= 15 is 0 Å². The standard InChI is InChI=1S/C16H13ClN4O4S/c1-25-15(23)11-4-2-3-10(7-11)9-21-14(17)12(26-16(21)24)8-19-20-13(22)5-6-18/h2-4,7-8H,5,9H2,1H3,(H,20,22)/b19-8+. The Morgan fingerprint density at radius 3 is 2.96 bits per heavy atom. The van der Waals surface area contributed by atoms with Gasteiger partial charge in [-0.2, -0.15) is 10.4 Å². The van der Waals surface area contributed by atoms with Crippen molar-refractivity contribution in [1.29, 1.82) is 5.26 Å². The number of aromatic nitrogens is 1. The number of carbonyl (C=O) groups excluding carboxylic acids is 2. The molecule has 1 aromatic carbocycles. The Morgan fingerprint density at radius 2 is 2.27 bits per heavy atom. The Balaban J connectivity index is 2.19. The van der Waals surface area contributed by atoms with Gasteiger partial charge in [-0.05, 0) is 17.7 Å². The number of halogens is 1. The second kappa shape index (κ2) is 8.94. The highest BCUT2D eigenvalue weighted by molar-refractivity contribution is 7.11. The Morgan fingerprint density at radius 1 is 1.50 bits per heavy atom. The number of carbonyl (C=O) groups is 2. The van der Waals surface area contributed by atoms with Gasteiger partial charge in [-0.15, -0.1) is 0 Å². The number of rotatable bonds is 6. The first-order valence-electron chi connectivity index (χ1n) is 7.21. The van der Waals surface area contributed by atoms with Crippen LogP contribution in [0.5, 0.6) is 0 Å². The minimum absolute atomic E-state index is 0.154. The Hall–Kier alpha value is -2.96. The topological polar surface area (TPSA) is 114 Å². The number of ether oxygens (including phenoxy) is 1. The summed E-state index contributed by atoms with van der Waals surface area (Å²) in [5.74, 6) is -1.04. The van der Waals surface area contributed by atoms with E-state index in [2.05, 4.69) is 15.3 Å². The van der Waals surface area contributed by atoms with Crippen molar-refractivity contribution in [1.82, 2.24) is 9.99 Å². The maximum atomic E-state index is 12.2. The SMILES string of the molecule is COC(=O)c1cccc(Cn2c(Cl)c(/C=N/NC(=O)CC#N)sc2=O)c1. The first-order valence-corrected chi connectivity index (χ1v) is 8.41. The van der Waals surface area contributed by atoms with Gasteiger partial charge in [0.15, 0.2) is 0 Å². The molecule has 1 N–H and O–H groups in total. The fourth-order valence-corrected chi connectivity index (χ4v) is 3.09. The lowest BCUT2D eigenvalue weighted by molar-refractivity contribution is -0.120. The number of nitriles is 1. The minimum atomic E-state index is -0.564. The molecule has 26 heavy (non-hydrogen) atoms. The van der Waals surface area contributed by atoms with E-state index in [-0.39, 0.29) is 23.0 Å². The molecule has 0 spiro atoms. The zero-order valence-corrected chi connectivity index (χ0v) is 15.1. The highest BCUT2D eigenvalue weighted by atomic mass is 35.5. The number of hydrogen-bond acceptors (Lipinski definition) is 7. The molecule has 0 saturated carbocycles. The molecule has 0 radical (unpaired) electrons. The molecule has 0 atom stereocenters. The number of methoxy groups -OCH3 is 1. The Kier molecular flexibility index (Phi) is 6.66. The number of hydrogen-bond donors (Lipinski definition) is 1. The normalized spacial score (nSPS) is 10.5. The minimum Gasteiger partial charge on any atom is -0.465 e. The van der Waals surface area contributed by atoms with Gasteiger partial charge in [-0.25, -0.2) is 10.2 Å². The van der Waals surface area contributed by atoms with E-state index in [1.54, 1.807) is 30.3 Å². The molecule has 10 heteroatoms. The molecule has 1 amide bonds. The summed E-state index contributed by atoms with van der Waals surface area (Å²) in [5, 5.41) is 12.2. The van der Waals surface area contributed by atoms with E-state index in [1.165, 1.54) is 17.9 Å². The summed E-state index contributed by atoms with van der Waals surface area (Å²) in [5.41, 5.74) is 3.22.